The summed E-state index contributed by atoms with van der Waals surface area (Å²) in [6, 6.07) is 13.6. The number of ether oxygens (including phenoxy) is 13. The molecule has 12 N–H and O–H groups in total. The molecule has 0 aliphatic carbocycles. The van der Waals surface area contributed by atoms with Gasteiger partial charge in [0.2, 0.25) is 53.5 Å². The van der Waals surface area contributed by atoms with E-state index in [1.54, 1.807) is 112 Å². The minimum Gasteiger partial charge on any atom is -0.479 e. The number of aliphatic hydroxyl groups is 4. The number of aliphatic hydroxyl groups excluding tert-OH is 4. The molecule has 40 nitrogen and oxygen atoms in total. The summed E-state index contributed by atoms with van der Waals surface area (Å²) in [5, 5.41) is 73.0. The van der Waals surface area contributed by atoms with Crippen LogP contribution in [0.2, 0.25) is 0 Å². The first-order chi connectivity index (χ1) is 63.4. The van der Waals surface area contributed by atoms with Crippen LogP contribution < -0.4 is 42.1 Å². The number of carbonyl (C=O) groups is 10. The first kappa shape index (κ1) is 113. The molecule has 0 spiro atoms. The van der Waals surface area contributed by atoms with E-state index in [4.69, 9.17) is 61.6 Å². The normalized spacial score (nSPS) is 18.8. The van der Waals surface area contributed by atoms with Crippen LogP contribution in [0, 0.1) is 29.6 Å². The molecule has 748 valence electrons. The van der Waals surface area contributed by atoms with E-state index >= 15 is 4.79 Å². The predicted octanol–water partition coefficient (Wildman–Crippen LogP) is 4.14. The number of carboxylic acid groups (broad SMARTS) is 1. The fraction of sp³-hybridized carbons (Fsp3) is 0.677. The smallest absolute Gasteiger partial charge is 0.410 e. The van der Waals surface area contributed by atoms with E-state index in [1.165, 1.54) is 51.3 Å². The van der Waals surface area contributed by atoms with Crippen LogP contribution in [0.15, 0.2) is 72.8 Å². The molecule has 17 atom stereocenters. The van der Waals surface area contributed by atoms with Gasteiger partial charge in [-0.3, -0.25) is 48.7 Å². The Morgan fingerprint density at radius 1 is 0.594 bits per heavy atom. The van der Waals surface area contributed by atoms with Crippen molar-refractivity contribution >= 4 is 81.6 Å². The number of rotatable bonds is 62. The lowest BCUT2D eigenvalue weighted by Crippen LogP contribution is -2.61. The maximum Gasteiger partial charge on any atom is 0.410 e. The second-order valence-corrected chi connectivity index (χ2v) is 34.5. The van der Waals surface area contributed by atoms with Crippen LogP contribution in [-0.2, 0) is 120 Å². The SMILES string of the molecule is CC[C@H](C)[C@@H]([C@@H](CC(=O)N1CCC[C@H]1[C@H](OC)[C@@H](C)C(=O)N[C@H](C)[C@@H](O)c1ccccc1)OC)N(C)C(=O)[C@@H](NC(=O)[C@H](C(C)C)N(C)C(=O)OCc1ccc(NC(=O)[C@H](C)NC(=O)[C@@H](NC(=O)CCn2c(CN(C)NC)cc3cc(NC(=O)CCOCCOCCOCCOCCOCCOCCOCCOC)ccc32)C(C)C)c(O[C@@H]2O[C@H](C(=O)O)[C@@H](O)[C@H](O)[C@H]2O)c1)C(C)C. The van der Waals surface area contributed by atoms with Gasteiger partial charge in [0.1, 0.15) is 54.8 Å². The van der Waals surface area contributed by atoms with Crippen molar-refractivity contribution in [1.29, 1.82) is 0 Å². The maximum atomic E-state index is 15.0. The molecule has 1 aromatic heterocycles. The van der Waals surface area contributed by atoms with Crippen molar-refractivity contribution in [3.8, 4) is 5.75 Å². The lowest BCUT2D eigenvalue weighted by Gasteiger charge is -2.41. The lowest BCUT2D eigenvalue weighted by atomic mass is 9.89. The molecular formula is C93H148N12O28. The number of aliphatic carboxylic acids is 1. The van der Waals surface area contributed by atoms with Gasteiger partial charge < -0.3 is 133 Å². The number of amides is 9. The zero-order chi connectivity index (χ0) is 98.1. The highest BCUT2D eigenvalue weighted by atomic mass is 16.7. The summed E-state index contributed by atoms with van der Waals surface area (Å²) in [4.78, 5) is 144. The number of likely N-dealkylation sites (N-methyl/N-ethyl adjacent to an activating group) is 2. The van der Waals surface area contributed by atoms with E-state index in [9.17, 15) is 68.7 Å². The summed E-state index contributed by atoms with van der Waals surface area (Å²) in [6.07, 6.45) is -12.4. The molecule has 0 bridgehead atoms. The van der Waals surface area contributed by atoms with Gasteiger partial charge in [0.05, 0.1) is 167 Å². The number of anilines is 2. The minimum atomic E-state index is -2.11. The fourth-order valence-corrected chi connectivity index (χ4v) is 15.7. The number of carboxylic acids is 1. The van der Waals surface area contributed by atoms with E-state index in [0.717, 1.165) is 21.5 Å². The number of aromatic nitrogens is 1. The number of fused-ring (bicyclic) bond motifs is 1. The van der Waals surface area contributed by atoms with E-state index in [2.05, 4.69) is 37.3 Å². The second-order valence-electron chi connectivity index (χ2n) is 34.5. The van der Waals surface area contributed by atoms with Crippen molar-refractivity contribution in [3.05, 3.63) is 89.6 Å². The largest absolute Gasteiger partial charge is 0.479 e. The topological polar surface area (TPSA) is 494 Å². The molecule has 40 heteroatoms. The highest BCUT2D eigenvalue weighted by Crippen LogP contribution is 2.35. The van der Waals surface area contributed by atoms with Gasteiger partial charge in [0, 0.05) is 84.3 Å². The molecule has 4 aromatic rings. The van der Waals surface area contributed by atoms with Crippen molar-refractivity contribution in [1.82, 2.24) is 51.0 Å². The van der Waals surface area contributed by atoms with Crippen molar-refractivity contribution in [3.63, 3.8) is 0 Å². The fourth-order valence-electron chi connectivity index (χ4n) is 15.7. The summed E-state index contributed by atoms with van der Waals surface area (Å²) in [5.74, 6) is -8.82. The standard InChI is InChI=1S/C93H148N12O28/c1-19-59(8)79(72(122-17)53-75(108)105-33-23-26-70(105)84(123-18)60(9)86(113)95-61(10)80(109)64-24-21-20-22-25-64)102(14)90(117)77(57(4)5)100-89(116)78(58(6)7)103(15)93(120)131-55-63-27-29-68(71(50-63)132-92-83(112)81(110)82(111)85(133-92)91(118)119)98-87(114)62(11)96-88(115)76(56(2)3)99-73(106)31-34-104-67(54-101(13)94-12)52-65-51-66(28-30-69(65)104)97-74(107)32-35-124-38-39-126-42-43-128-46-47-130-49-48-129-45-44-127-41-40-125-37-36-121-16/h20-22,24-25,27-30,50-52,56-62,70,72,76-85,92,94,109-112H,19,23,26,31-49,53-55H2,1-18H3,(H,95,113)(H,96,115)(H,97,107)(H,98,114)(H,99,106)(H,100,116)(H,118,119)/t59-,60+,61+,62-,70-,72+,76-,77-,78-,79-,80+,81-,82-,83+,84+,85-,92+/m0/s1. The van der Waals surface area contributed by atoms with Gasteiger partial charge in [-0.05, 0) is 105 Å². The zero-order valence-corrected chi connectivity index (χ0v) is 80.5. The molecule has 2 saturated heterocycles. The van der Waals surface area contributed by atoms with Crippen LogP contribution in [0.25, 0.3) is 10.9 Å². The van der Waals surface area contributed by atoms with Crippen molar-refractivity contribution in [2.24, 2.45) is 29.6 Å². The number of benzene rings is 3. The number of methoxy groups -OCH3 is 3. The number of nitrogens with zero attached hydrogens (tertiary/aromatic N) is 5. The van der Waals surface area contributed by atoms with Crippen LogP contribution in [0.3, 0.4) is 0 Å². The number of carbonyl (C=O) groups excluding carboxylic acids is 9. The Morgan fingerprint density at radius 2 is 1.19 bits per heavy atom. The molecule has 9 amide bonds. The van der Waals surface area contributed by atoms with Gasteiger partial charge in [-0.25, -0.2) is 14.6 Å². The average Bonchev–Trinajstić information content (AvgIpc) is 1.50. The average molecular weight is 1880 g/mol. The Hall–Kier alpha value is -9.18. The van der Waals surface area contributed by atoms with Crippen molar-refractivity contribution in [2.75, 3.05) is 166 Å². The van der Waals surface area contributed by atoms with Crippen LogP contribution >= 0.6 is 0 Å². The summed E-state index contributed by atoms with van der Waals surface area (Å²) in [5.41, 5.74) is 5.85. The Kier molecular flexibility index (Phi) is 49.3. The molecular weight excluding hydrogens is 1730 g/mol. The predicted molar refractivity (Wildman–Crippen MR) is 491 cm³/mol. The Labute approximate surface area is 780 Å². The monoisotopic (exact) mass is 1880 g/mol. The molecule has 6 rings (SSSR count). The number of likely N-dealkylation sites (tertiary alicyclic amines) is 1. The number of hydrogen-bond acceptors (Lipinski definition) is 29. The van der Waals surface area contributed by atoms with Gasteiger partial charge in [0.25, 0.3) is 0 Å². The van der Waals surface area contributed by atoms with E-state index in [-0.39, 0.29) is 79.7 Å². The van der Waals surface area contributed by atoms with Crippen LogP contribution in [0.5, 0.6) is 5.75 Å². The second kappa shape index (κ2) is 58.3. The summed E-state index contributed by atoms with van der Waals surface area (Å²) >= 11 is 0. The van der Waals surface area contributed by atoms with Crippen molar-refractivity contribution in [2.45, 2.75) is 226 Å². The maximum absolute atomic E-state index is 15.0. The molecule has 2 aliphatic heterocycles. The molecule has 2 fully saturated rings. The Morgan fingerprint density at radius 3 is 1.74 bits per heavy atom. The Balaban J connectivity index is 1.04. The number of nitrogens with one attached hydrogen (secondary N) is 7. The summed E-state index contributed by atoms with van der Waals surface area (Å²) in [6.45, 7) is 25.6. The summed E-state index contributed by atoms with van der Waals surface area (Å²) in [7, 11) is 11.1. The minimum absolute atomic E-state index is 0.0862. The molecule has 3 heterocycles. The third-order valence-electron chi connectivity index (χ3n) is 23.6. The van der Waals surface area contributed by atoms with Crippen LogP contribution in [0.4, 0.5) is 16.2 Å². The number of hydrogen-bond donors (Lipinski definition) is 12. The Bertz CT molecular complexity index is 4240. The zero-order valence-electron chi connectivity index (χ0n) is 80.5. The first-order valence-electron chi connectivity index (χ1n) is 45.7. The summed E-state index contributed by atoms with van der Waals surface area (Å²) < 4.78 is 74.8. The first-order valence-corrected chi connectivity index (χ1v) is 45.7. The molecule has 3 aromatic carbocycles. The van der Waals surface area contributed by atoms with Crippen LogP contribution in [-0.4, -0.2) is 350 Å². The van der Waals surface area contributed by atoms with Crippen molar-refractivity contribution < 1.29 is 135 Å². The van der Waals surface area contributed by atoms with Gasteiger partial charge in [-0.1, -0.05) is 105 Å². The lowest BCUT2D eigenvalue weighted by molar-refractivity contribution is -0.271. The molecule has 0 radical (unpaired) electrons. The quantitative estimate of drug-likeness (QED) is 0.0218. The molecule has 2 aliphatic rings. The van der Waals surface area contributed by atoms with Gasteiger partial charge >= 0.3 is 12.1 Å². The van der Waals surface area contributed by atoms with E-state index < -0.39 is 163 Å². The van der Waals surface area contributed by atoms with E-state index in [0.29, 0.717) is 129 Å². The van der Waals surface area contributed by atoms with Crippen LogP contribution in [0.1, 0.15) is 138 Å². The van der Waals surface area contributed by atoms with Gasteiger partial charge in [-0.2, -0.15) is 0 Å². The number of aryl methyl sites for hydroxylation is 1. The highest BCUT2D eigenvalue weighted by Gasteiger charge is 2.49. The van der Waals surface area contributed by atoms with Gasteiger partial charge in [0.15, 0.2) is 6.10 Å². The number of hydrazine groups is 1. The third kappa shape index (κ3) is 35.2. The molecule has 0 unspecified atom stereocenters. The molecule has 133 heavy (non-hydrogen) atoms. The highest BCUT2D eigenvalue weighted by molar-refractivity contribution is 5.99. The van der Waals surface area contributed by atoms with Gasteiger partial charge in [-0.15, -0.1) is 0 Å². The third-order valence-corrected chi connectivity index (χ3v) is 23.6. The molecule has 0 saturated carbocycles. The van der Waals surface area contributed by atoms with E-state index in [1.807, 2.05) is 54.7 Å².